The third-order valence-corrected chi connectivity index (χ3v) is 10.7. The van der Waals surface area contributed by atoms with Crippen molar-refractivity contribution in [1.29, 1.82) is 0 Å². The molecular weight excluding hydrogens is 528 g/mol. The zero-order valence-electron chi connectivity index (χ0n) is 25.1. The first-order valence-corrected chi connectivity index (χ1v) is 15.4. The first-order chi connectivity index (χ1) is 20.0. The average Bonchev–Trinajstić information content (AvgIpc) is 3.27. The number of ketones is 1. The first kappa shape index (κ1) is 28.9. The molecule has 0 amide bonds. The van der Waals surface area contributed by atoms with E-state index in [-0.39, 0.29) is 53.9 Å². The molecule has 2 saturated heterocycles. The van der Waals surface area contributed by atoms with Gasteiger partial charge in [0.1, 0.15) is 17.8 Å². The molecule has 0 unspecified atom stereocenters. The second kappa shape index (κ2) is 10.8. The van der Waals surface area contributed by atoms with Crippen LogP contribution in [-0.2, 0) is 41.4 Å². The van der Waals surface area contributed by atoms with Crippen molar-refractivity contribution >= 4 is 17.7 Å². The molecular formula is C36H42O6. The number of carbonyl (C=O) groups is 3. The molecule has 222 valence electrons. The van der Waals surface area contributed by atoms with Crippen LogP contribution in [0.1, 0.15) is 58.1 Å². The van der Waals surface area contributed by atoms with E-state index in [4.69, 9.17) is 14.2 Å². The number of rotatable bonds is 6. The molecule has 2 heterocycles. The van der Waals surface area contributed by atoms with Gasteiger partial charge in [0, 0.05) is 5.92 Å². The molecule has 2 bridgehead atoms. The molecule has 0 radical (unpaired) electrons. The monoisotopic (exact) mass is 570 g/mol. The number of ether oxygens (including phenoxy) is 3. The van der Waals surface area contributed by atoms with Gasteiger partial charge in [-0.15, -0.1) is 0 Å². The second-order valence-corrected chi connectivity index (χ2v) is 13.7. The van der Waals surface area contributed by atoms with Gasteiger partial charge in [0.05, 0.1) is 24.9 Å². The van der Waals surface area contributed by atoms with Crippen LogP contribution < -0.4 is 0 Å². The molecule has 2 saturated carbocycles. The molecule has 42 heavy (non-hydrogen) atoms. The van der Waals surface area contributed by atoms with E-state index in [1.165, 1.54) is 0 Å². The van der Waals surface area contributed by atoms with E-state index in [0.29, 0.717) is 18.8 Å². The highest BCUT2D eigenvalue weighted by atomic mass is 16.6. The van der Waals surface area contributed by atoms with Crippen molar-refractivity contribution in [2.75, 3.05) is 0 Å². The van der Waals surface area contributed by atoms with Crippen LogP contribution in [0.25, 0.3) is 0 Å². The van der Waals surface area contributed by atoms with Crippen molar-refractivity contribution in [3.8, 4) is 0 Å². The van der Waals surface area contributed by atoms with Gasteiger partial charge in [-0.3, -0.25) is 14.4 Å². The molecule has 2 aromatic rings. The Balaban J connectivity index is 1.37. The fourth-order valence-electron chi connectivity index (χ4n) is 8.46. The number of hydrogen-bond donors (Lipinski definition) is 0. The van der Waals surface area contributed by atoms with Gasteiger partial charge < -0.3 is 14.2 Å². The summed E-state index contributed by atoms with van der Waals surface area (Å²) in [4.78, 5) is 41.1. The summed E-state index contributed by atoms with van der Waals surface area (Å²) in [7, 11) is 0. The number of carbonyl (C=O) groups excluding carboxylic acids is 3. The summed E-state index contributed by atoms with van der Waals surface area (Å²) < 4.78 is 19.5. The van der Waals surface area contributed by atoms with Crippen molar-refractivity contribution < 1.29 is 28.6 Å². The summed E-state index contributed by atoms with van der Waals surface area (Å²) in [6, 6.07) is 18.9. The van der Waals surface area contributed by atoms with Gasteiger partial charge >= 0.3 is 11.9 Å². The van der Waals surface area contributed by atoms with Crippen LogP contribution >= 0.6 is 0 Å². The largest absolute Gasteiger partial charge is 0.461 e. The molecule has 0 N–H and O–H groups in total. The van der Waals surface area contributed by atoms with Crippen LogP contribution in [0.3, 0.4) is 0 Å². The van der Waals surface area contributed by atoms with Gasteiger partial charge in [-0.2, -0.15) is 0 Å². The SMILES string of the molecule is C=C1CC[C@H]2[C@@H]([C@@H]3O[C@]4(C[C@H](C)[C@H](OC(=O)Cc5ccccc5)[C@@H]4[C@H]1OC(=O)Cc1ccccc1)C(=O)[C@@H]3C)C2(C)C. The van der Waals surface area contributed by atoms with Gasteiger partial charge in [0.25, 0.3) is 0 Å². The predicted molar refractivity (Wildman–Crippen MR) is 158 cm³/mol. The van der Waals surface area contributed by atoms with E-state index >= 15 is 0 Å². The van der Waals surface area contributed by atoms with Gasteiger partial charge in [0.15, 0.2) is 5.78 Å². The number of benzene rings is 2. The van der Waals surface area contributed by atoms with E-state index < -0.39 is 29.7 Å². The summed E-state index contributed by atoms with van der Waals surface area (Å²) in [6.07, 6.45) is 0.515. The topological polar surface area (TPSA) is 78.9 Å². The van der Waals surface area contributed by atoms with Gasteiger partial charge in [0.2, 0.25) is 0 Å². The lowest BCUT2D eigenvalue weighted by molar-refractivity contribution is -0.175. The van der Waals surface area contributed by atoms with Crippen LogP contribution in [0.4, 0.5) is 0 Å². The van der Waals surface area contributed by atoms with Crippen molar-refractivity contribution in [2.24, 2.45) is 35.0 Å². The van der Waals surface area contributed by atoms with E-state index in [0.717, 1.165) is 23.1 Å². The Labute approximate surface area is 248 Å². The molecule has 1 spiro atoms. The molecule has 6 rings (SSSR count). The highest BCUT2D eigenvalue weighted by molar-refractivity contribution is 5.93. The van der Waals surface area contributed by atoms with Gasteiger partial charge in [-0.05, 0) is 59.1 Å². The Kier molecular flexibility index (Phi) is 7.41. The normalized spacial score (nSPS) is 36.5. The maximum atomic E-state index is 14.4. The Hall–Kier alpha value is -3.25. The molecule has 6 heteroatoms. The summed E-state index contributed by atoms with van der Waals surface area (Å²) in [5, 5.41) is 0. The van der Waals surface area contributed by atoms with Gasteiger partial charge in [-0.1, -0.05) is 94.9 Å². The van der Waals surface area contributed by atoms with Crippen molar-refractivity contribution in [3.05, 3.63) is 83.9 Å². The van der Waals surface area contributed by atoms with Crippen LogP contribution in [-0.4, -0.2) is 41.6 Å². The van der Waals surface area contributed by atoms with Crippen molar-refractivity contribution in [3.63, 3.8) is 0 Å². The summed E-state index contributed by atoms with van der Waals surface area (Å²) in [5.41, 5.74) is 1.30. The quantitative estimate of drug-likeness (QED) is 0.317. The predicted octanol–water partition coefficient (Wildman–Crippen LogP) is 5.92. The summed E-state index contributed by atoms with van der Waals surface area (Å²) in [5.74, 6) is -1.18. The fourth-order valence-corrected chi connectivity index (χ4v) is 8.46. The highest BCUT2D eigenvalue weighted by Gasteiger charge is 2.73. The molecule has 9 atom stereocenters. The molecule has 2 aliphatic carbocycles. The Morgan fingerprint density at radius 3 is 2.07 bits per heavy atom. The molecule has 2 aliphatic heterocycles. The fraction of sp³-hybridized carbons (Fsp3) is 0.528. The number of Topliss-reactive ketones (excluding diaryl/α,β-unsaturated/α-hetero) is 1. The molecule has 4 aliphatic rings. The minimum atomic E-state index is -1.21. The molecule has 6 nitrogen and oxygen atoms in total. The van der Waals surface area contributed by atoms with Crippen molar-refractivity contribution in [1.82, 2.24) is 0 Å². The van der Waals surface area contributed by atoms with E-state index in [9.17, 15) is 14.4 Å². The number of esters is 2. The Bertz CT molecular complexity index is 1370. The van der Waals surface area contributed by atoms with Crippen LogP contribution in [0.2, 0.25) is 0 Å². The maximum Gasteiger partial charge on any atom is 0.310 e. The lowest BCUT2D eigenvalue weighted by Crippen LogP contribution is -2.52. The number of hydrogen-bond acceptors (Lipinski definition) is 6. The lowest BCUT2D eigenvalue weighted by Gasteiger charge is -2.38. The lowest BCUT2D eigenvalue weighted by atomic mass is 9.77. The summed E-state index contributed by atoms with van der Waals surface area (Å²) in [6.45, 7) is 12.9. The second-order valence-electron chi connectivity index (χ2n) is 13.7. The first-order valence-electron chi connectivity index (χ1n) is 15.4. The highest BCUT2D eigenvalue weighted by Crippen LogP contribution is 2.67. The van der Waals surface area contributed by atoms with Crippen LogP contribution in [0.15, 0.2) is 72.8 Å². The van der Waals surface area contributed by atoms with Crippen LogP contribution in [0, 0.1) is 35.0 Å². The smallest absolute Gasteiger partial charge is 0.310 e. The Morgan fingerprint density at radius 2 is 1.48 bits per heavy atom. The zero-order chi connectivity index (χ0) is 29.8. The molecule has 4 fully saturated rings. The van der Waals surface area contributed by atoms with Crippen LogP contribution in [0.5, 0.6) is 0 Å². The third-order valence-electron chi connectivity index (χ3n) is 10.7. The third kappa shape index (κ3) is 4.92. The Morgan fingerprint density at radius 1 is 0.905 bits per heavy atom. The minimum absolute atomic E-state index is 0.0335. The van der Waals surface area contributed by atoms with E-state index in [1.54, 1.807) is 0 Å². The zero-order valence-corrected chi connectivity index (χ0v) is 25.1. The van der Waals surface area contributed by atoms with Gasteiger partial charge in [-0.25, -0.2) is 0 Å². The molecule has 0 aromatic heterocycles. The summed E-state index contributed by atoms with van der Waals surface area (Å²) >= 11 is 0. The number of fused-ring (bicyclic) bond motifs is 3. The van der Waals surface area contributed by atoms with E-state index in [1.807, 2.05) is 74.5 Å². The van der Waals surface area contributed by atoms with Crippen molar-refractivity contribution in [2.45, 2.75) is 83.7 Å². The average molecular weight is 571 g/mol. The minimum Gasteiger partial charge on any atom is -0.461 e. The maximum absolute atomic E-state index is 14.4. The standard InChI is InChI=1S/C36H42O6/c1-21-16-17-26-29(35(26,4)5)33-23(3)34(39)36(42-33)20-22(2)32(41-28(38)19-25-14-10-7-11-15-25)30(36)31(21)40-27(37)18-24-12-8-6-9-13-24/h6-15,22-23,26,29-33H,1,16-20H2,2-5H3/t22-,23+,26-,29-,30-,31-,32-,33+,36-/m0/s1. The van der Waals surface area contributed by atoms with E-state index in [2.05, 4.69) is 20.4 Å². The molecule has 2 aromatic carbocycles.